The Morgan fingerprint density at radius 2 is 2.20 bits per heavy atom. The van der Waals surface area contributed by atoms with Crippen molar-refractivity contribution in [2.45, 2.75) is 5.44 Å². The van der Waals surface area contributed by atoms with Gasteiger partial charge in [0.05, 0.1) is 11.3 Å². The average molecular weight is 224 g/mol. The van der Waals surface area contributed by atoms with E-state index < -0.39 is 11.4 Å². The van der Waals surface area contributed by atoms with Gasteiger partial charge in [0.25, 0.3) is 0 Å². The molecule has 1 N–H and O–H groups in total. The third kappa shape index (κ3) is 1.97. The summed E-state index contributed by atoms with van der Waals surface area (Å²) in [7, 11) is 0. The van der Waals surface area contributed by atoms with Crippen molar-refractivity contribution in [3.8, 4) is 0 Å². The molecule has 0 aliphatic carbocycles. The van der Waals surface area contributed by atoms with Crippen molar-refractivity contribution < 1.29 is 19.4 Å². The van der Waals surface area contributed by atoms with E-state index in [2.05, 4.69) is 0 Å². The summed E-state index contributed by atoms with van der Waals surface area (Å²) in [5.41, 5.74) is 0.805. The molecule has 1 aliphatic rings. The van der Waals surface area contributed by atoms with E-state index in [1.807, 2.05) is 0 Å². The Balaban J connectivity index is 2.17. The highest BCUT2D eigenvalue weighted by atomic mass is 32.2. The number of carboxylic acid groups (broad SMARTS) is 1. The van der Waals surface area contributed by atoms with Crippen molar-refractivity contribution in [1.82, 2.24) is 0 Å². The highest BCUT2D eigenvalue weighted by Gasteiger charge is 2.31. The summed E-state index contributed by atoms with van der Waals surface area (Å²) in [4.78, 5) is 21.7. The summed E-state index contributed by atoms with van der Waals surface area (Å²) in [6.07, 6.45) is 0. The number of carbonyl (C=O) groups is 2. The molecule has 5 heteroatoms. The van der Waals surface area contributed by atoms with E-state index in [0.29, 0.717) is 5.56 Å². The van der Waals surface area contributed by atoms with Crippen LogP contribution in [0.3, 0.4) is 0 Å². The van der Waals surface area contributed by atoms with Gasteiger partial charge in [-0.2, -0.15) is 0 Å². The zero-order valence-corrected chi connectivity index (χ0v) is 8.49. The van der Waals surface area contributed by atoms with Crippen LogP contribution in [0.2, 0.25) is 0 Å². The van der Waals surface area contributed by atoms with Crippen molar-refractivity contribution in [3.63, 3.8) is 0 Å². The standard InChI is InChI=1S/C10H8O4S/c11-8(12)5-15-10-7-4-2-1-3-6(7)9(13)14-10/h1-4,10H,5H2,(H,11,12). The fourth-order valence-electron chi connectivity index (χ4n) is 1.38. The van der Waals surface area contributed by atoms with Crippen molar-refractivity contribution in [2.75, 3.05) is 5.75 Å². The number of fused-ring (bicyclic) bond motifs is 1. The second-order valence-electron chi connectivity index (χ2n) is 3.03. The zero-order valence-electron chi connectivity index (χ0n) is 7.67. The Hall–Kier alpha value is -1.49. The number of cyclic esters (lactones) is 1. The van der Waals surface area contributed by atoms with Gasteiger partial charge >= 0.3 is 11.9 Å². The minimum atomic E-state index is -0.916. The van der Waals surface area contributed by atoms with Gasteiger partial charge in [-0.15, -0.1) is 11.8 Å². The lowest BCUT2D eigenvalue weighted by Crippen LogP contribution is -2.02. The van der Waals surface area contributed by atoms with E-state index in [1.165, 1.54) is 0 Å². The van der Waals surface area contributed by atoms with Gasteiger partial charge in [-0.3, -0.25) is 4.79 Å². The fraction of sp³-hybridized carbons (Fsp3) is 0.200. The van der Waals surface area contributed by atoms with Crippen molar-refractivity contribution in [1.29, 1.82) is 0 Å². The number of ether oxygens (including phenoxy) is 1. The summed E-state index contributed by atoms with van der Waals surface area (Å²) in [6, 6.07) is 7.01. The second kappa shape index (κ2) is 3.94. The molecule has 4 nitrogen and oxygen atoms in total. The predicted molar refractivity (Wildman–Crippen MR) is 54.7 cm³/mol. The molecule has 1 aromatic rings. The predicted octanol–water partition coefficient (Wildman–Crippen LogP) is 1.67. The van der Waals surface area contributed by atoms with Gasteiger partial charge in [0.15, 0.2) is 5.44 Å². The Bertz CT molecular complexity index is 416. The van der Waals surface area contributed by atoms with Gasteiger partial charge in [-0.1, -0.05) is 18.2 Å². The summed E-state index contributed by atoms with van der Waals surface area (Å²) >= 11 is 1.10. The number of benzene rings is 1. The first kappa shape index (κ1) is 10.0. The highest BCUT2D eigenvalue weighted by molar-refractivity contribution is 8.00. The molecule has 1 aliphatic heterocycles. The number of carbonyl (C=O) groups excluding carboxylic acids is 1. The first-order valence-electron chi connectivity index (χ1n) is 4.32. The van der Waals surface area contributed by atoms with Crippen molar-refractivity contribution >= 4 is 23.7 Å². The zero-order chi connectivity index (χ0) is 10.8. The molecule has 1 aromatic carbocycles. The fourth-order valence-corrected chi connectivity index (χ4v) is 2.22. The molecule has 0 amide bonds. The molecular weight excluding hydrogens is 216 g/mol. The SMILES string of the molecule is O=C(O)CSC1OC(=O)c2ccccc21. The minimum absolute atomic E-state index is 0.0771. The van der Waals surface area contributed by atoms with Gasteiger partial charge in [-0.05, 0) is 6.07 Å². The van der Waals surface area contributed by atoms with Gasteiger partial charge in [0, 0.05) is 5.56 Å². The Kier molecular flexibility index (Phi) is 2.64. The smallest absolute Gasteiger partial charge is 0.340 e. The molecule has 1 unspecified atom stereocenters. The normalized spacial score (nSPS) is 18.4. The first-order chi connectivity index (χ1) is 7.18. The number of rotatable bonds is 3. The molecular formula is C10H8O4S. The van der Waals surface area contributed by atoms with Gasteiger partial charge < -0.3 is 9.84 Å². The van der Waals surface area contributed by atoms with Crippen LogP contribution in [0.5, 0.6) is 0 Å². The summed E-state index contributed by atoms with van der Waals surface area (Å²) in [6.45, 7) is 0. The van der Waals surface area contributed by atoms with Crippen molar-refractivity contribution in [2.24, 2.45) is 0 Å². The topological polar surface area (TPSA) is 63.6 Å². The maximum atomic E-state index is 11.3. The molecule has 0 bridgehead atoms. The average Bonchev–Trinajstić information content (AvgIpc) is 2.54. The molecule has 0 radical (unpaired) electrons. The van der Waals surface area contributed by atoms with E-state index in [-0.39, 0.29) is 11.7 Å². The first-order valence-corrected chi connectivity index (χ1v) is 5.36. The highest BCUT2D eigenvalue weighted by Crippen LogP contribution is 2.38. The third-order valence-electron chi connectivity index (χ3n) is 2.01. The van der Waals surface area contributed by atoms with Crippen LogP contribution < -0.4 is 0 Å². The number of hydrogen-bond acceptors (Lipinski definition) is 4. The van der Waals surface area contributed by atoms with E-state index in [0.717, 1.165) is 17.3 Å². The molecule has 0 saturated carbocycles. The van der Waals surface area contributed by atoms with Crippen LogP contribution in [0.4, 0.5) is 0 Å². The third-order valence-corrected chi connectivity index (χ3v) is 3.07. The monoisotopic (exact) mass is 224 g/mol. The van der Waals surface area contributed by atoms with Crippen LogP contribution in [0.15, 0.2) is 24.3 Å². The van der Waals surface area contributed by atoms with Crippen LogP contribution in [0.25, 0.3) is 0 Å². The number of hydrogen-bond donors (Lipinski definition) is 1. The Morgan fingerprint density at radius 3 is 2.93 bits per heavy atom. The van der Waals surface area contributed by atoms with E-state index >= 15 is 0 Å². The van der Waals surface area contributed by atoms with Crippen LogP contribution >= 0.6 is 11.8 Å². The summed E-state index contributed by atoms with van der Waals surface area (Å²) in [5.74, 6) is -1.37. The van der Waals surface area contributed by atoms with Crippen LogP contribution in [-0.2, 0) is 9.53 Å². The molecule has 1 heterocycles. The van der Waals surface area contributed by atoms with E-state index in [1.54, 1.807) is 24.3 Å². The van der Waals surface area contributed by atoms with Gasteiger partial charge in [0.2, 0.25) is 0 Å². The Labute approximate surface area is 90.2 Å². The van der Waals surface area contributed by atoms with Crippen molar-refractivity contribution in [3.05, 3.63) is 35.4 Å². The molecule has 1 atom stereocenters. The second-order valence-corrected chi connectivity index (χ2v) is 4.08. The lowest BCUT2D eigenvalue weighted by atomic mass is 10.1. The van der Waals surface area contributed by atoms with Crippen LogP contribution in [0, 0.1) is 0 Å². The molecule has 0 spiro atoms. The molecule has 2 rings (SSSR count). The lowest BCUT2D eigenvalue weighted by molar-refractivity contribution is -0.133. The molecule has 78 valence electrons. The molecule has 0 aromatic heterocycles. The Morgan fingerprint density at radius 1 is 1.47 bits per heavy atom. The van der Waals surface area contributed by atoms with Crippen LogP contribution in [-0.4, -0.2) is 22.8 Å². The number of esters is 1. The maximum absolute atomic E-state index is 11.3. The largest absolute Gasteiger partial charge is 0.481 e. The van der Waals surface area contributed by atoms with Gasteiger partial charge in [0.1, 0.15) is 0 Å². The minimum Gasteiger partial charge on any atom is -0.481 e. The van der Waals surface area contributed by atoms with Gasteiger partial charge in [-0.25, -0.2) is 4.79 Å². The quantitative estimate of drug-likeness (QED) is 0.791. The molecule has 0 fully saturated rings. The van der Waals surface area contributed by atoms with E-state index in [4.69, 9.17) is 9.84 Å². The number of aliphatic carboxylic acids is 1. The lowest BCUT2D eigenvalue weighted by Gasteiger charge is -2.07. The maximum Gasteiger partial charge on any atom is 0.340 e. The molecule has 0 saturated heterocycles. The van der Waals surface area contributed by atoms with E-state index in [9.17, 15) is 9.59 Å². The molecule has 15 heavy (non-hydrogen) atoms. The summed E-state index contributed by atoms with van der Waals surface area (Å²) in [5, 5.41) is 8.53. The number of thioether (sulfide) groups is 1. The van der Waals surface area contributed by atoms with Crippen LogP contribution in [0.1, 0.15) is 21.4 Å². The summed E-state index contributed by atoms with van der Waals surface area (Å²) < 4.78 is 5.04. The number of carboxylic acids is 1.